The van der Waals surface area contributed by atoms with Crippen molar-refractivity contribution in [3.05, 3.63) is 59.7 Å². The van der Waals surface area contributed by atoms with E-state index in [1.807, 2.05) is 0 Å². The van der Waals surface area contributed by atoms with Crippen molar-refractivity contribution in [1.29, 1.82) is 0 Å². The number of benzene rings is 1. The highest BCUT2D eigenvalue weighted by Crippen LogP contribution is 2.13. The first-order chi connectivity index (χ1) is 8.65. The molecule has 0 aliphatic rings. The molecular weight excluding hydrogens is 237 g/mol. The summed E-state index contributed by atoms with van der Waals surface area (Å²) in [6.45, 7) is 0.201. The van der Waals surface area contributed by atoms with Gasteiger partial charge in [0, 0.05) is 0 Å². The maximum atomic E-state index is 12.6. The number of carbonyl (C=O) groups is 1. The van der Waals surface area contributed by atoms with Gasteiger partial charge < -0.3 is 9.84 Å². The van der Waals surface area contributed by atoms with Crippen LogP contribution in [0.25, 0.3) is 0 Å². The molecule has 0 aliphatic carbocycles. The monoisotopic (exact) mass is 247 g/mol. The summed E-state index contributed by atoms with van der Waals surface area (Å²) in [5.41, 5.74) is 0.793. The highest BCUT2D eigenvalue weighted by Gasteiger charge is 2.02. The molecule has 0 aliphatic heterocycles. The lowest BCUT2D eigenvalue weighted by atomic mass is 10.2. The van der Waals surface area contributed by atoms with Gasteiger partial charge in [-0.3, -0.25) is 4.98 Å². The molecule has 0 atom stereocenters. The summed E-state index contributed by atoms with van der Waals surface area (Å²) in [7, 11) is 0. The first-order valence-corrected chi connectivity index (χ1v) is 5.22. The number of halogens is 1. The van der Waals surface area contributed by atoms with E-state index in [0.29, 0.717) is 11.4 Å². The van der Waals surface area contributed by atoms with Crippen molar-refractivity contribution >= 4 is 5.97 Å². The van der Waals surface area contributed by atoms with Gasteiger partial charge in [0.25, 0.3) is 0 Å². The van der Waals surface area contributed by atoms with Gasteiger partial charge in [-0.1, -0.05) is 0 Å². The smallest absolute Gasteiger partial charge is 0.335 e. The van der Waals surface area contributed by atoms with Gasteiger partial charge in [-0.05, 0) is 36.4 Å². The summed E-state index contributed by atoms with van der Waals surface area (Å²) in [5, 5.41) is 8.72. The molecule has 1 N–H and O–H groups in total. The summed E-state index contributed by atoms with van der Waals surface area (Å²) in [6.07, 6.45) is 1.12. The second kappa shape index (κ2) is 5.27. The van der Waals surface area contributed by atoms with E-state index in [9.17, 15) is 9.18 Å². The Hall–Kier alpha value is -2.43. The third-order valence-corrected chi connectivity index (χ3v) is 2.28. The van der Waals surface area contributed by atoms with Crippen LogP contribution in [0.5, 0.6) is 5.75 Å². The molecule has 1 aromatic heterocycles. The first-order valence-electron chi connectivity index (χ1n) is 5.22. The molecule has 1 aromatic carbocycles. The number of rotatable bonds is 4. The van der Waals surface area contributed by atoms with E-state index < -0.39 is 11.8 Å². The van der Waals surface area contributed by atoms with E-state index in [0.717, 1.165) is 6.20 Å². The van der Waals surface area contributed by atoms with Crippen molar-refractivity contribution in [3.8, 4) is 5.75 Å². The van der Waals surface area contributed by atoms with Gasteiger partial charge in [0.2, 0.25) is 0 Å². The molecule has 0 spiro atoms. The van der Waals surface area contributed by atoms with E-state index >= 15 is 0 Å². The Morgan fingerprint density at radius 3 is 2.50 bits per heavy atom. The second-order valence-electron chi connectivity index (χ2n) is 3.59. The second-order valence-corrected chi connectivity index (χ2v) is 3.59. The number of pyridine rings is 1. The fourth-order valence-electron chi connectivity index (χ4n) is 1.34. The van der Waals surface area contributed by atoms with Crippen molar-refractivity contribution in [2.45, 2.75) is 6.61 Å². The van der Waals surface area contributed by atoms with Crippen LogP contribution >= 0.6 is 0 Å². The zero-order chi connectivity index (χ0) is 13.0. The Morgan fingerprint density at radius 2 is 1.94 bits per heavy atom. The van der Waals surface area contributed by atoms with E-state index in [4.69, 9.17) is 9.84 Å². The third-order valence-electron chi connectivity index (χ3n) is 2.28. The predicted octanol–water partition coefficient (Wildman–Crippen LogP) is 2.50. The normalized spacial score (nSPS) is 10.1. The molecule has 0 saturated heterocycles. The minimum absolute atomic E-state index is 0.197. The van der Waals surface area contributed by atoms with Crippen molar-refractivity contribution in [1.82, 2.24) is 4.98 Å². The van der Waals surface area contributed by atoms with Crippen molar-refractivity contribution in [2.24, 2.45) is 0 Å². The fourth-order valence-corrected chi connectivity index (χ4v) is 1.34. The van der Waals surface area contributed by atoms with Crippen molar-refractivity contribution < 1.29 is 19.0 Å². The van der Waals surface area contributed by atoms with Crippen LogP contribution in [0, 0.1) is 5.82 Å². The lowest BCUT2D eigenvalue weighted by molar-refractivity contribution is 0.0697. The van der Waals surface area contributed by atoms with Crippen LogP contribution < -0.4 is 4.74 Å². The Labute approximate surface area is 103 Å². The standard InChI is InChI=1S/C13H10FNO3/c14-10-3-4-11(15-7-10)8-18-12-5-1-9(2-6-12)13(16)17/h1-7H,8H2,(H,16,17). The lowest BCUT2D eigenvalue weighted by Crippen LogP contribution is -1.99. The SMILES string of the molecule is O=C(O)c1ccc(OCc2ccc(F)cn2)cc1. The fraction of sp³-hybridized carbons (Fsp3) is 0.0769. The Balaban J connectivity index is 1.97. The van der Waals surface area contributed by atoms with Crippen LogP contribution in [0.2, 0.25) is 0 Å². The average Bonchev–Trinajstić information content (AvgIpc) is 2.38. The minimum Gasteiger partial charge on any atom is -0.487 e. The molecule has 0 radical (unpaired) electrons. The minimum atomic E-state index is -0.984. The molecule has 0 saturated carbocycles. The summed E-state index contributed by atoms with van der Waals surface area (Å²) < 4.78 is 18.0. The van der Waals surface area contributed by atoms with Gasteiger partial charge in [-0.25, -0.2) is 9.18 Å². The van der Waals surface area contributed by atoms with Crippen LogP contribution in [0.1, 0.15) is 16.1 Å². The van der Waals surface area contributed by atoms with E-state index in [-0.39, 0.29) is 12.2 Å². The van der Waals surface area contributed by atoms with Crippen LogP contribution in [0.15, 0.2) is 42.6 Å². The number of hydrogen-bond donors (Lipinski definition) is 1. The molecule has 0 fully saturated rings. The van der Waals surface area contributed by atoms with Crippen molar-refractivity contribution in [3.63, 3.8) is 0 Å². The summed E-state index contributed by atoms with van der Waals surface area (Å²) in [6, 6.07) is 8.87. The topological polar surface area (TPSA) is 59.4 Å². The van der Waals surface area contributed by atoms with Gasteiger partial charge in [-0.15, -0.1) is 0 Å². The molecule has 92 valence electrons. The number of carboxylic acids is 1. The van der Waals surface area contributed by atoms with Gasteiger partial charge in [-0.2, -0.15) is 0 Å². The molecule has 5 heteroatoms. The van der Waals surface area contributed by atoms with E-state index in [2.05, 4.69) is 4.98 Å². The number of aromatic nitrogens is 1. The first kappa shape index (κ1) is 12.0. The third kappa shape index (κ3) is 3.04. The van der Waals surface area contributed by atoms with Gasteiger partial charge in [0.15, 0.2) is 0 Å². The number of aromatic carboxylic acids is 1. The number of nitrogens with zero attached hydrogens (tertiary/aromatic N) is 1. The number of carboxylic acid groups (broad SMARTS) is 1. The predicted molar refractivity (Wildman–Crippen MR) is 61.9 cm³/mol. The van der Waals surface area contributed by atoms with E-state index in [1.165, 1.54) is 24.3 Å². The molecule has 2 rings (SSSR count). The maximum Gasteiger partial charge on any atom is 0.335 e. The van der Waals surface area contributed by atoms with Crippen LogP contribution in [0.4, 0.5) is 4.39 Å². The number of ether oxygens (including phenoxy) is 1. The zero-order valence-electron chi connectivity index (χ0n) is 9.34. The zero-order valence-corrected chi connectivity index (χ0v) is 9.34. The molecule has 18 heavy (non-hydrogen) atoms. The van der Waals surface area contributed by atoms with Gasteiger partial charge in [0.1, 0.15) is 18.2 Å². The molecule has 0 amide bonds. The quantitative estimate of drug-likeness (QED) is 0.901. The summed E-state index contributed by atoms with van der Waals surface area (Å²) in [5.74, 6) is -0.850. The van der Waals surface area contributed by atoms with Crippen LogP contribution in [-0.4, -0.2) is 16.1 Å². The molecule has 4 nitrogen and oxygen atoms in total. The Kier molecular flexibility index (Phi) is 3.52. The van der Waals surface area contributed by atoms with Crippen LogP contribution in [0.3, 0.4) is 0 Å². The lowest BCUT2D eigenvalue weighted by Gasteiger charge is -2.05. The maximum absolute atomic E-state index is 12.6. The highest BCUT2D eigenvalue weighted by atomic mass is 19.1. The summed E-state index contributed by atoms with van der Waals surface area (Å²) >= 11 is 0. The summed E-state index contributed by atoms with van der Waals surface area (Å²) in [4.78, 5) is 14.5. The Morgan fingerprint density at radius 1 is 1.22 bits per heavy atom. The number of hydrogen-bond acceptors (Lipinski definition) is 3. The molecule has 0 unspecified atom stereocenters. The largest absolute Gasteiger partial charge is 0.487 e. The average molecular weight is 247 g/mol. The molecular formula is C13H10FNO3. The van der Waals surface area contributed by atoms with Crippen LogP contribution in [-0.2, 0) is 6.61 Å². The van der Waals surface area contributed by atoms with Gasteiger partial charge >= 0.3 is 5.97 Å². The van der Waals surface area contributed by atoms with E-state index in [1.54, 1.807) is 12.1 Å². The Bertz CT molecular complexity index is 537. The van der Waals surface area contributed by atoms with Crippen molar-refractivity contribution in [2.75, 3.05) is 0 Å². The molecule has 0 bridgehead atoms. The molecule has 2 aromatic rings. The van der Waals surface area contributed by atoms with Gasteiger partial charge in [0.05, 0.1) is 17.5 Å². The highest BCUT2D eigenvalue weighted by molar-refractivity contribution is 5.87. The molecule has 1 heterocycles.